The minimum absolute atomic E-state index is 0.0739. The van der Waals surface area contributed by atoms with Gasteiger partial charge >= 0.3 is 5.76 Å². The van der Waals surface area contributed by atoms with Gasteiger partial charge in [0.25, 0.3) is 5.69 Å². The summed E-state index contributed by atoms with van der Waals surface area (Å²) in [5.74, 6) is -0.497. The van der Waals surface area contributed by atoms with Gasteiger partial charge in [0.05, 0.1) is 16.5 Å². The van der Waals surface area contributed by atoms with E-state index in [0.29, 0.717) is 38.0 Å². The molecule has 9 heteroatoms. The van der Waals surface area contributed by atoms with Crippen LogP contribution in [0.25, 0.3) is 11.1 Å². The number of aryl methyl sites for hydroxylation is 1. The highest BCUT2D eigenvalue weighted by Gasteiger charge is 2.20. The van der Waals surface area contributed by atoms with Crippen LogP contribution in [-0.2, 0) is 11.3 Å². The maximum Gasteiger partial charge on any atom is 0.419 e. The third kappa shape index (κ3) is 3.71. The molecule has 1 aromatic carbocycles. The lowest BCUT2D eigenvalue weighted by Crippen LogP contribution is -2.51. The van der Waals surface area contributed by atoms with Crippen LogP contribution in [0.5, 0.6) is 0 Å². The first-order valence-corrected chi connectivity index (χ1v) is 8.24. The Morgan fingerprint density at radius 1 is 1.48 bits per heavy atom. The van der Waals surface area contributed by atoms with Gasteiger partial charge in [0.2, 0.25) is 5.91 Å². The fourth-order valence-electron chi connectivity index (χ4n) is 3.09. The van der Waals surface area contributed by atoms with Gasteiger partial charge in [0.15, 0.2) is 5.58 Å². The molecule has 2 aromatic rings. The Bertz CT molecular complexity index is 856. The number of nitro benzene ring substituents is 1. The minimum atomic E-state index is -0.571. The van der Waals surface area contributed by atoms with Crippen molar-refractivity contribution >= 4 is 22.7 Å². The van der Waals surface area contributed by atoms with Gasteiger partial charge in [-0.05, 0) is 19.4 Å². The molecule has 25 heavy (non-hydrogen) atoms. The fourth-order valence-corrected chi connectivity index (χ4v) is 3.09. The van der Waals surface area contributed by atoms with E-state index < -0.39 is 10.7 Å². The van der Waals surface area contributed by atoms with Crippen LogP contribution in [0.1, 0.15) is 19.8 Å². The van der Waals surface area contributed by atoms with Gasteiger partial charge in [-0.15, -0.1) is 0 Å². The summed E-state index contributed by atoms with van der Waals surface area (Å²) in [6, 6.07) is 4.36. The molecule has 9 nitrogen and oxygen atoms in total. The zero-order chi connectivity index (χ0) is 18.0. The molecule has 1 unspecified atom stereocenters. The molecule has 1 aromatic heterocycles. The number of aromatic nitrogens is 1. The number of hydrogen-bond acceptors (Lipinski definition) is 6. The average molecular weight is 348 g/mol. The molecule has 1 amide bonds. The van der Waals surface area contributed by atoms with Gasteiger partial charge < -0.3 is 14.6 Å². The summed E-state index contributed by atoms with van der Waals surface area (Å²) >= 11 is 0. The van der Waals surface area contributed by atoms with Gasteiger partial charge in [-0.1, -0.05) is 0 Å². The van der Waals surface area contributed by atoms with E-state index in [-0.39, 0.29) is 23.2 Å². The molecule has 134 valence electrons. The van der Waals surface area contributed by atoms with Crippen molar-refractivity contribution < 1.29 is 14.1 Å². The predicted molar refractivity (Wildman–Crippen MR) is 90.4 cm³/mol. The van der Waals surface area contributed by atoms with E-state index in [1.807, 2.05) is 11.8 Å². The summed E-state index contributed by atoms with van der Waals surface area (Å²) < 4.78 is 6.49. The lowest BCUT2D eigenvalue weighted by molar-refractivity contribution is -0.384. The van der Waals surface area contributed by atoms with Crippen molar-refractivity contribution in [3.63, 3.8) is 0 Å². The summed E-state index contributed by atoms with van der Waals surface area (Å²) in [7, 11) is 0. The normalized spacial score (nSPS) is 17.8. The van der Waals surface area contributed by atoms with Crippen LogP contribution < -0.4 is 11.1 Å². The summed E-state index contributed by atoms with van der Waals surface area (Å²) in [5.41, 5.74) is 0.553. The zero-order valence-corrected chi connectivity index (χ0v) is 13.9. The van der Waals surface area contributed by atoms with Crippen LogP contribution in [0.2, 0.25) is 0 Å². The van der Waals surface area contributed by atoms with E-state index in [9.17, 15) is 19.7 Å². The lowest BCUT2D eigenvalue weighted by atomic mass is 10.2. The highest BCUT2D eigenvalue weighted by atomic mass is 16.6. The Kier molecular flexibility index (Phi) is 4.84. The van der Waals surface area contributed by atoms with E-state index in [1.165, 1.54) is 22.8 Å². The molecule has 0 saturated carbocycles. The first-order chi connectivity index (χ1) is 12.0. The van der Waals surface area contributed by atoms with Crippen LogP contribution in [0.15, 0.2) is 27.4 Å². The summed E-state index contributed by atoms with van der Waals surface area (Å²) in [6.45, 7) is 4.54. The standard InChI is InChI=1S/C16H20N4O5/c1-11-10-18(8-6-17-11)15(21)3-2-7-19-13-5-4-12(20(23)24)9-14(13)25-16(19)22/h4-5,9,11,17H,2-3,6-8,10H2,1H3. The second-order valence-electron chi connectivity index (χ2n) is 6.23. The first kappa shape index (κ1) is 17.2. The molecular weight excluding hydrogens is 328 g/mol. The predicted octanol–water partition coefficient (Wildman–Crippen LogP) is 1.10. The highest BCUT2D eigenvalue weighted by Crippen LogP contribution is 2.20. The Balaban J connectivity index is 1.65. The molecule has 1 aliphatic heterocycles. The number of nitro groups is 1. The van der Waals surface area contributed by atoms with Crippen molar-refractivity contribution in [1.29, 1.82) is 0 Å². The molecule has 1 N–H and O–H groups in total. The number of hydrogen-bond donors (Lipinski definition) is 1. The molecule has 0 bridgehead atoms. The summed E-state index contributed by atoms with van der Waals surface area (Å²) in [5, 5.41) is 14.1. The number of fused-ring (bicyclic) bond motifs is 1. The molecule has 2 heterocycles. The van der Waals surface area contributed by atoms with Crippen LogP contribution in [0, 0.1) is 10.1 Å². The van der Waals surface area contributed by atoms with Crippen LogP contribution in [-0.4, -0.2) is 46.0 Å². The van der Waals surface area contributed by atoms with Crippen LogP contribution >= 0.6 is 0 Å². The average Bonchev–Trinajstić information content (AvgIpc) is 2.89. The van der Waals surface area contributed by atoms with Gasteiger partial charge in [-0.2, -0.15) is 0 Å². The van der Waals surface area contributed by atoms with E-state index in [1.54, 1.807) is 0 Å². The van der Waals surface area contributed by atoms with Crippen LogP contribution in [0.3, 0.4) is 0 Å². The fraction of sp³-hybridized carbons (Fsp3) is 0.500. The van der Waals surface area contributed by atoms with Crippen molar-refractivity contribution in [2.75, 3.05) is 19.6 Å². The number of nitrogens with one attached hydrogen (secondary N) is 1. The minimum Gasteiger partial charge on any atom is -0.407 e. The van der Waals surface area contributed by atoms with Gasteiger partial charge in [-0.3, -0.25) is 19.5 Å². The molecule has 0 aliphatic carbocycles. The van der Waals surface area contributed by atoms with Gasteiger partial charge in [0, 0.05) is 44.7 Å². The third-order valence-corrected chi connectivity index (χ3v) is 4.36. The Morgan fingerprint density at radius 3 is 3.00 bits per heavy atom. The van der Waals surface area contributed by atoms with Crippen LogP contribution in [0.4, 0.5) is 5.69 Å². The van der Waals surface area contributed by atoms with Crippen molar-refractivity contribution in [2.24, 2.45) is 0 Å². The largest absolute Gasteiger partial charge is 0.419 e. The number of piperazine rings is 1. The number of benzene rings is 1. The quantitative estimate of drug-likeness (QED) is 0.640. The SMILES string of the molecule is CC1CN(C(=O)CCCn2c(=O)oc3cc([N+](=O)[O-])ccc32)CCN1. The van der Waals surface area contributed by atoms with Crippen molar-refractivity contribution in [2.45, 2.75) is 32.4 Å². The molecule has 3 rings (SSSR count). The van der Waals surface area contributed by atoms with Crippen molar-refractivity contribution in [3.8, 4) is 0 Å². The van der Waals surface area contributed by atoms with Crippen molar-refractivity contribution in [1.82, 2.24) is 14.8 Å². The Morgan fingerprint density at radius 2 is 2.28 bits per heavy atom. The number of carbonyl (C=O) groups is 1. The first-order valence-electron chi connectivity index (χ1n) is 8.24. The molecule has 1 saturated heterocycles. The molecule has 1 fully saturated rings. The number of rotatable bonds is 5. The topological polar surface area (TPSA) is 111 Å². The second kappa shape index (κ2) is 7.06. The zero-order valence-electron chi connectivity index (χ0n) is 13.9. The number of non-ortho nitro benzene ring substituents is 1. The molecule has 0 spiro atoms. The Hall–Kier alpha value is -2.68. The number of nitrogens with zero attached hydrogens (tertiary/aromatic N) is 3. The molecular formula is C16H20N4O5. The van der Waals surface area contributed by atoms with E-state index in [4.69, 9.17) is 4.42 Å². The lowest BCUT2D eigenvalue weighted by Gasteiger charge is -2.32. The highest BCUT2D eigenvalue weighted by molar-refractivity contribution is 5.77. The third-order valence-electron chi connectivity index (χ3n) is 4.36. The van der Waals surface area contributed by atoms with E-state index in [0.717, 1.165) is 6.54 Å². The van der Waals surface area contributed by atoms with Gasteiger partial charge in [-0.25, -0.2) is 4.79 Å². The van der Waals surface area contributed by atoms with E-state index >= 15 is 0 Å². The van der Waals surface area contributed by atoms with E-state index in [2.05, 4.69) is 5.32 Å². The smallest absolute Gasteiger partial charge is 0.407 e. The summed E-state index contributed by atoms with van der Waals surface area (Å²) in [4.78, 5) is 36.3. The molecule has 0 radical (unpaired) electrons. The molecule has 1 atom stereocenters. The van der Waals surface area contributed by atoms with Gasteiger partial charge in [0.1, 0.15) is 0 Å². The monoisotopic (exact) mass is 348 g/mol. The Labute approximate surface area is 143 Å². The second-order valence-corrected chi connectivity index (χ2v) is 6.23. The maximum absolute atomic E-state index is 12.3. The molecule has 1 aliphatic rings. The number of carbonyl (C=O) groups excluding carboxylic acids is 1. The summed E-state index contributed by atoms with van der Waals surface area (Å²) in [6.07, 6.45) is 0.849. The van der Waals surface area contributed by atoms with Crippen molar-refractivity contribution in [3.05, 3.63) is 38.9 Å². The number of amides is 1. The number of oxazole rings is 1. The maximum atomic E-state index is 12.3.